The molecule has 2 aromatic heterocycles. The van der Waals surface area contributed by atoms with Crippen LogP contribution in [0.15, 0.2) is 18.7 Å². The summed E-state index contributed by atoms with van der Waals surface area (Å²) in [6.07, 6.45) is 10.1. The quantitative estimate of drug-likeness (QED) is 0.896. The maximum Gasteiger partial charge on any atom is 0.241 e. The van der Waals surface area contributed by atoms with Gasteiger partial charge in [-0.1, -0.05) is 6.92 Å². The summed E-state index contributed by atoms with van der Waals surface area (Å²) in [4.78, 5) is 17.3. The zero-order valence-electron chi connectivity index (χ0n) is 12.5. The zero-order valence-corrected chi connectivity index (χ0v) is 12.5. The number of aromatic nitrogens is 5. The molecule has 112 valence electrons. The summed E-state index contributed by atoms with van der Waals surface area (Å²) >= 11 is 0. The van der Waals surface area contributed by atoms with Gasteiger partial charge in [-0.15, -0.1) is 0 Å². The average Bonchev–Trinajstić information content (AvgIpc) is 3.04. The van der Waals surface area contributed by atoms with Gasteiger partial charge < -0.3 is 10.6 Å². The van der Waals surface area contributed by atoms with E-state index in [4.69, 9.17) is 0 Å². The SMILES string of the molecule is CNc1nc(NC2CCC(C)CC2)nc(-n2ccnc2)n1. The molecule has 1 fully saturated rings. The van der Waals surface area contributed by atoms with Crippen LogP contribution in [0.2, 0.25) is 0 Å². The van der Waals surface area contributed by atoms with Gasteiger partial charge in [-0.25, -0.2) is 4.98 Å². The minimum absolute atomic E-state index is 0.448. The third-order valence-corrected chi connectivity index (χ3v) is 3.93. The monoisotopic (exact) mass is 287 g/mol. The highest BCUT2D eigenvalue weighted by molar-refractivity contribution is 5.38. The first-order valence-electron chi connectivity index (χ1n) is 7.43. The van der Waals surface area contributed by atoms with Crippen LogP contribution < -0.4 is 10.6 Å². The molecular formula is C14H21N7. The van der Waals surface area contributed by atoms with Crippen molar-refractivity contribution in [3.63, 3.8) is 0 Å². The standard InChI is InChI=1S/C14H21N7/c1-10-3-5-11(6-4-10)17-13-18-12(15-2)19-14(20-13)21-8-7-16-9-21/h7-11H,3-6H2,1-2H3,(H2,15,17,18,19,20). The fraction of sp³-hybridized carbons (Fsp3) is 0.571. The van der Waals surface area contributed by atoms with E-state index in [0.717, 1.165) is 5.92 Å². The Bertz CT molecular complexity index is 573. The van der Waals surface area contributed by atoms with E-state index in [0.29, 0.717) is 23.9 Å². The number of anilines is 2. The predicted octanol–water partition coefficient (Wildman–Crippen LogP) is 2.09. The number of rotatable bonds is 4. The molecule has 0 saturated heterocycles. The van der Waals surface area contributed by atoms with Gasteiger partial charge in [0.15, 0.2) is 0 Å². The Morgan fingerprint density at radius 1 is 1.10 bits per heavy atom. The first kappa shape index (κ1) is 13.8. The average molecular weight is 287 g/mol. The molecule has 1 aliphatic carbocycles. The summed E-state index contributed by atoms with van der Waals surface area (Å²) < 4.78 is 1.77. The Labute approximate surface area is 124 Å². The number of hydrogen-bond acceptors (Lipinski definition) is 6. The third kappa shape index (κ3) is 3.29. The summed E-state index contributed by atoms with van der Waals surface area (Å²) in [5, 5.41) is 6.42. The van der Waals surface area contributed by atoms with Crippen molar-refractivity contribution in [2.45, 2.75) is 38.6 Å². The molecule has 3 rings (SSSR count). The molecule has 0 spiro atoms. The molecule has 1 saturated carbocycles. The fourth-order valence-corrected chi connectivity index (χ4v) is 2.62. The lowest BCUT2D eigenvalue weighted by Gasteiger charge is -2.26. The normalized spacial score (nSPS) is 22.0. The molecule has 2 heterocycles. The molecule has 2 N–H and O–H groups in total. The fourth-order valence-electron chi connectivity index (χ4n) is 2.62. The van der Waals surface area contributed by atoms with Crippen molar-refractivity contribution in [3.8, 4) is 5.95 Å². The number of imidazole rings is 1. The van der Waals surface area contributed by atoms with Crippen LogP contribution in [-0.4, -0.2) is 37.6 Å². The van der Waals surface area contributed by atoms with Gasteiger partial charge in [-0.05, 0) is 31.6 Å². The van der Waals surface area contributed by atoms with E-state index in [1.54, 1.807) is 24.1 Å². The van der Waals surface area contributed by atoms with E-state index >= 15 is 0 Å². The number of nitrogens with one attached hydrogen (secondary N) is 2. The molecule has 1 aliphatic rings. The molecule has 0 aromatic carbocycles. The van der Waals surface area contributed by atoms with Crippen LogP contribution in [0.3, 0.4) is 0 Å². The highest BCUT2D eigenvalue weighted by Crippen LogP contribution is 2.25. The minimum Gasteiger partial charge on any atom is -0.357 e. The molecule has 7 nitrogen and oxygen atoms in total. The summed E-state index contributed by atoms with van der Waals surface area (Å²) in [7, 11) is 1.80. The second-order valence-electron chi connectivity index (χ2n) is 5.60. The molecule has 0 aliphatic heterocycles. The van der Waals surface area contributed by atoms with Crippen molar-refractivity contribution < 1.29 is 0 Å². The topological polar surface area (TPSA) is 80.5 Å². The van der Waals surface area contributed by atoms with Gasteiger partial charge in [0.1, 0.15) is 6.33 Å². The van der Waals surface area contributed by atoms with Crippen molar-refractivity contribution in [2.24, 2.45) is 5.92 Å². The molecule has 21 heavy (non-hydrogen) atoms. The molecular weight excluding hydrogens is 266 g/mol. The zero-order chi connectivity index (χ0) is 14.7. The maximum atomic E-state index is 4.49. The highest BCUT2D eigenvalue weighted by Gasteiger charge is 2.19. The second-order valence-corrected chi connectivity index (χ2v) is 5.60. The minimum atomic E-state index is 0.448. The Morgan fingerprint density at radius 3 is 2.52 bits per heavy atom. The summed E-state index contributed by atoms with van der Waals surface area (Å²) in [6, 6.07) is 0.448. The maximum absolute atomic E-state index is 4.49. The van der Waals surface area contributed by atoms with E-state index < -0.39 is 0 Å². The second kappa shape index (κ2) is 6.07. The van der Waals surface area contributed by atoms with Crippen LogP contribution in [0, 0.1) is 5.92 Å². The largest absolute Gasteiger partial charge is 0.357 e. The Hall–Kier alpha value is -2.18. The van der Waals surface area contributed by atoms with Crippen LogP contribution >= 0.6 is 0 Å². The highest BCUT2D eigenvalue weighted by atomic mass is 15.3. The molecule has 0 atom stereocenters. The van der Waals surface area contributed by atoms with Gasteiger partial charge in [0.05, 0.1) is 0 Å². The first-order chi connectivity index (χ1) is 10.2. The van der Waals surface area contributed by atoms with Gasteiger partial charge in [0.25, 0.3) is 0 Å². The molecule has 2 aromatic rings. The number of nitrogens with zero attached hydrogens (tertiary/aromatic N) is 5. The van der Waals surface area contributed by atoms with Gasteiger partial charge in [-0.2, -0.15) is 15.0 Å². The van der Waals surface area contributed by atoms with Gasteiger partial charge in [0.2, 0.25) is 17.8 Å². The van der Waals surface area contributed by atoms with Crippen molar-refractivity contribution >= 4 is 11.9 Å². The van der Waals surface area contributed by atoms with Crippen LogP contribution in [0.1, 0.15) is 32.6 Å². The van der Waals surface area contributed by atoms with Crippen molar-refractivity contribution in [1.82, 2.24) is 24.5 Å². The smallest absolute Gasteiger partial charge is 0.241 e. The molecule has 7 heteroatoms. The lowest BCUT2D eigenvalue weighted by Crippen LogP contribution is -2.26. The molecule has 0 unspecified atom stereocenters. The van der Waals surface area contributed by atoms with Gasteiger partial charge in [0, 0.05) is 25.5 Å². The van der Waals surface area contributed by atoms with E-state index in [2.05, 4.69) is 37.5 Å². The van der Waals surface area contributed by atoms with Gasteiger partial charge >= 0.3 is 0 Å². The lowest BCUT2D eigenvalue weighted by molar-refractivity contribution is 0.360. The van der Waals surface area contributed by atoms with Gasteiger partial charge in [-0.3, -0.25) is 4.57 Å². The summed E-state index contributed by atoms with van der Waals surface area (Å²) in [6.45, 7) is 2.31. The van der Waals surface area contributed by atoms with Crippen LogP contribution in [0.25, 0.3) is 5.95 Å². The van der Waals surface area contributed by atoms with Crippen molar-refractivity contribution in [1.29, 1.82) is 0 Å². The Kier molecular flexibility index (Phi) is 3.98. The lowest BCUT2D eigenvalue weighted by atomic mass is 9.87. The number of hydrogen-bond donors (Lipinski definition) is 2. The Morgan fingerprint density at radius 2 is 1.86 bits per heavy atom. The predicted molar refractivity (Wildman–Crippen MR) is 81.5 cm³/mol. The van der Waals surface area contributed by atoms with Crippen LogP contribution in [0.4, 0.5) is 11.9 Å². The van der Waals surface area contributed by atoms with E-state index in [1.165, 1.54) is 25.7 Å². The first-order valence-corrected chi connectivity index (χ1v) is 7.43. The van der Waals surface area contributed by atoms with Crippen molar-refractivity contribution in [2.75, 3.05) is 17.7 Å². The summed E-state index contributed by atoms with van der Waals surface area (Å²) in [5.41, 5.74) is 0. The molecule has 0 radical (unpaired) electrons. The summed E-state index contributed by atoms with van der Waals surface area (Å²) in [5.74, 6) is 2.58. The molecule has 0 bridgehead atoms. The van der Waals surface area contributed by atoms with E-state index in [9.17, 15) is 0 Å². The van der Waals surface area contributed by atoms with Crippen molar-refractivity contribution in [3.05, 3.63) is 18.7 Å². The van der Waals surface area contributed by atoms with Crippen LogP contribution in [-0.2, 0) is 0 Å². The van der Waals surface area contributed by atoms with E-state index in [-0.39, 0.29) is 0 Å². The Balaban J connectivity index is 1.79. The van der Waals surface area contributed by atoms with E-state index in [1.807, 2.05) is 6.20 Å². The third-order valence-electron chi connectivity index (χ3n) is 3.93. The molecule has 0 amide bonds. The van der Waals surface area contributed by atoms with Crippen LogP contribution in [0.5, 0.6) is 0 Å².